The molecule has 0 aromatic heterocycles. The Morgan fingerprint density at radius 3 is 2.55 bits per heavy atom. The number of rotatable bonds is 5. The summed E-state index contributed by atoms with van der Waals surface area (Å²) in [4.78, 5) is 10.4. The van der Waals surface area contributed by atoms with Crippen LogP contribution in [0.5, 0.6) is 0 Å². The first-order valence-corrected chi connectivity index (χ1v) is 3.78. The van der Waals surface area contributed by atoms with Gasteiger partial charge in [0, 0.05) is 0 Å². The molecule has 0 fully saturated rings. The van der Waals surface area contributed by atoms with Crippen molar-refractivity contribution in [3.05, 3.63) is 11.8 Å². The summed E-state index contributed by atoms with van der Waals surface area (Å²) in [6, 6.07) is 0. The molecule has 0 aromatic carbocycles. The fraction of sp³-hybridized carbons (Fsp3) is 0.625. The predicted octanol–water partition coefficient (Wildman–Crippen LogP) is 1.79. The number of carboxylic acids is 1. The molecular formula is C8H14O3. The van der Waals surface area contributed by atoms with Crippen LogP contribution in [0.25, 0.3) is 0 Å². The molecule has 0 radical (unpaired) electrons. The Kier molecular flexibility index (Phi) is 5.25. The van der Waals surface area contributed by atoms with Gasteiger partial charge in [-0.3, -0.25) is 0 Å². The van der Waals surface area contributed by atoms with Crippen LogP contribution in [0.3, 0.4) is 0 Å². The van der Waals surface area contributed by atoms with Crippen molar-refractivity contribution in [2.24, 2.45) is 0 Å². The van der Waals surface area contributed by atoms with Crippen molar-refractivity contribution in [1.29, 1.82) is 0 Å². The maximum absolute atomic E-state index is 10.4. The lowest BCUT2D eigenvalue weighted by molar-refractivity contribution is -0.136. The molecule has 0 bridgehead atoms. The Morgan fingerprint density at radius 1 is 1.55 bits per heavy atom. The molecule has 11 heavy (non-hydrogen) atoms. The van der Waals surface area contributed by atoms with E-state index < -0.39 is 5.97 Å². The van der Waals surface area contributed by atoms with E-state index in [9.17, 15) is 4.79 Å². The van der Waals surface area contributed by atoms with E-state index >= 15 is 0 Å². The highest BCUT2D eigenvalue weighted by Crippen LogP contribution is 2.00. The van der Waals surface area contributed by atoms with Crippen LogP contribution in [0, 0.1) is 0 Å². The van der Waals surface area contributed by atoms with Crippen LogP contribution in [-0.4, -0.2) is 17.7 Å². The normalized spacial score (nSPS) is 11.3. The predicted molar refractivity (Wildman–Crippen MR) is 42.3 cm³/mol. The molecule has 0 unspecified atom stereocenters. The van der Waals surface area contributed by atoms with Crippen molar-refractivity contribution >= 4 is 5.97 Å². The van der Waals surface area contributed by atoms with E-state index in [-0.39, 0.29) is 5.76 Å². The van der Waals surface area contributed by atoms with Crippen molar-refractivity contribution < 1.29 is 14.6 Å². The van der Waals surface area contributed by atoms with Crippen molar-refractivity contribution in [2.75, 3.05) is 6.61 Å². The molecule has 0 heterocycles. The Bertz CT molecular complexity index is 149. The fourth-order valence-electron chi connectivity index (χ4n) is 0.639. The van der Waals surface area contributed by atoms with Gasteiger partial charge >= 0.3 is 5.97 Å². The van der Waals surface area contributed by atoms with Crippen LogP contribution in [0.15, 0.2) is 11.8 Å². The lowest BCUT2D eigenvalue weighted by atomic mass is 10.3. The molecule has 0 rings (SSSR count). The highest BCUT2D eigenvalue weighted by Gasteiger charge is 2.05. The standard InChI is InChI=1S/C8H14O3/c1-3-5-6-7(8(9)10)11-4-2/h6H,3-5H2,1-2H3,(H,9,10)/b7-6-. The van der Waals surface area contributed by atoms with Gasteiger partial charge in [-0.1, -0.05) is 13.3 Å². The van der Waals surface area contributed by atoms with E-state index in [1.54, 1.807) is 13.0 Å². The molecule has 0 saturated carbocycles. The lowest BCUT2D eigenvalue weighted by Gasteiger charge is -2.01. The van der Waals surface area contributed by atoms with E-state index in [1.165, 1.54) is 0 Å². The van der Waals surface area contributed by atoms with E-state index in [0.717, 1.165) is 12.8 Å². The van der Waals surface area contributed by atoms with Crippen LogP contribution < -0.4 is 0 Å². The first kappa shape index (κ1) is 10.0. The van der Waals surface area contributed by atoms with Gasteiger partial charge in [0.1, 0.15) is 0 Å². The zero-order valence-electron chi connectivity index (χ0n) is 6.96. The van der Waals surface area contributed by atoms with Gasteiger partial charge in [-0.2, -0.15) is 0 Å². The number of unbranched alkanes of at least 4 members (excludes halogenated alkanes) is 1. The molecule has 0 aliphatic carbocycles. The van der Waals surface area contributed by atoms with Crippen molar-refractivity contribution in [3.8, 4) is 0 Å². The third-order valence-corrected chi connectivity index (χ3v) is 1.13. The first-order valence-electron chi connectivity index (χ1n) is 3.78. The summed E-state index contributed by atoms with van der Waals surface area (Å²) in [6.07, 6.45) is 3.29. The van der Waals surface area contributed by atoms with Crippen molar-refractivity contribution in [3.63, 3.8) is 0 Å². The fourth-order valence-corrected chi connectivity index (χ4v) is 0.639. The Labute approximate surface area is 66.7 Å². The van der Waals surface area contributed by atoms with Gasteiger partial charge in [0.2, 0.25) is 0 Å². The van der Waals surface area contributed by atoms with Gasteiger partial charge in [0.15, 0.2) is 5.76 Å². The largest absolute Gasteiger partial charge is 0.487 e. The Morgan fingerprint density at radius 2 is 2.18 bits per heavy atom. The minimum Gasteiger partial charge on any atom is -0.487 e. The molecule has 0 saturated heterocycles. The average molecular weight is 158 g/mol. The van der Waals surface area contributed by atoms with Gasteiger partial charge in [0.05, 0.1) is 6.61 Å². The van der Waals surface area contributed by atoms with Crippen LogP contribution >= 0.6 is 0 Å². The molecule has 0 amide bonds. The summed E-state index contributed by atoms with van der Waals surface area (Å²) < 4.78 is 4.87. The smallest absolute Gasteiger partial charge is 0.370 e. The number of carbonyl (C=O) groups is 1. The molecule has 0 spiro atoms. The summed E-state index contributed by atoms with van der Waals surface area (Å²) in [5, 5.41) is 8.54. The maximum Gasteiger partial charge on any atom is 0.370 e. The van der Waals surface area contributed by atoms with Crippen molar-refractivity contribution in [2.45, 2.75) is 26.7 Å². The molecular weight excluding hydrogens is 144 g/mol. The second-order valence-corrected chi connectivity index (χ2v) is 2.10. The SMILES string of the molecule is CCC/C=C(\OCC)C(=O)O. The number of hydrogen-bond donors (Lipinski definition) is 1. The summed E-state index contributed by atoms with van der Waals surface area (Å²) in [7, 11) is 0. The third kappa shape index (κ3) is 4.42. The lowest BCUT2D eigenvalue weighted by Crippen LogP contribution is -2.04. The zero-order valence-corrected chi connectivity index (χ0v) is 6.96. The molecule has 3 heteroatoms. The van der Waals surface area contributed by atoms with Gasteiger partial charge < -0.3 is 9.84 Å². The van der Waals surface area contributed by atoms with Crippen LogP contribution in [-0.2, 0) is 9.53 Å². The summed E-state index contributed by atoms with van der Waals surface area (Å²) in [5.41, 5.74) is 0. The number of ether oxygens (including phenoxy) is 1. The van der Waals surface area contributed by atoms with Gasteiger partial charge in [0.25, 0.3) is 0 Å². The van der Waals surface area contributed by atoms with Crippen LogP contribution in [0.4, 0.5) is 0 Å². The molecule has 1 N–H and O–H groups in total. The Balaban J connectivity index is 3.97. The van der Waals surface area contributed by atoms with E-state index in [0.29, 0.717) is 6.61 Å². The topological polar surface area (TPSA) is 46.5 Å². The highest BCUT2D eigenvalue weighted by atomic mass is 16.5. The molecule has 0 aliphatic heterocycles. The summed E-state index contributed by atoms with van der Waals surface area (Å²) in [6.45, 7) is 4.16. The average Bonchev–Trinajstić information content (AvgIpc) is 1.97. The number of allylic oxidation sites excluding steroid dienone is 1. The molecule has 0 aromatic rings. The molecule has 3 nitrogen and oxygen atoms in total. The molecule has 0 aliphatic rings. The second kappa shape index (κ2) is 5.77. The van der Waals surface area contributed by atoms with E-state index in [2.05, 4.69) is 0 Å². The first-order chi connectivity index (χ1) is 5.22. The summed E-state index contributed by atoms with van der Waals surface area (Å²) >= 11 is 0. The zero-order chi connectivity index (χ0) is 8.69. The molecule has 0 atom stereocenters. The second-order valence-electron chi connectivity index (χ2n) is 2.10. The maximum atomic E-state index is 10.4. The highest BCUT2D eigenvalue weighted by molar-refractivity contribution is 5.84. The van der Waals surface area contributed by atoms with Gasteiger partial charge in [-0.25, -0.2) is 4.79 Å². The van der Waals surface area contributed by atoms with E-state index in [4.69, 9.17) is 9.84 Å². The number of hydrogen-bond acceptors (Lipinski definition) is 2. The van der Waals surface area contributed by atoms with Crippen LogP contribution in [0.1, 0.15) is 26.7 Å². The minimum atomic E-state index is -0.986. The Hall–Kier alpha value is -0.990. The summed E-state index contributed by atoms with van der Waals surface area (Å²) in [5.74, 6) is -0.922. The van der Waals surface area contributed by atoms with Gasteiger partial charge in [-0.15, -0.1) is 0 Å². The number of aliphatic carboxylic acids is 1. The third-order valence-electron chi connectivity index (χ3n) is 1.13. The minimum absolute atomic E-state index is 0.0642. The van der Waals surface area contributed by atoms with Crippen molar-refractivity contribution in [1.82, 2.24) is 0 Å². The van der Waals surface area contributed by atoms with Gasteiger partial charge in [-0.05, 0) is 19.4 Å². The molecule has 64 valence electrons. The van der Waals surface area contributed by atoms with Crippen LogP contribution in [0.2, 0.25) is 0 Å². The van der Waals surface area contributed by atoms with E-state index in [1.807, 2.05) is 6.92 Å². The number of carboxylic acid groups (broad SMARTS) is 1. The quantitative estimate of drug-likeness (QED) is 0.490. The monoisotopic (exact) mass is 158 g/mol.